The Bertz CT molecular complexity index is 503. The SMILES string of the molecule is NCCN(CC(F)(F)F)C(=O)c1ccc2c(c1)COC2. The van der Waals surface area contributed by atoms with Crippen molar-refractivity contribution in [2.45, 2.75) is 19.4 Å². The number of carbonyl (C=O) groups excluding carboxylic acids is 1. The summed E-state index contributed by atoms with van der Waals surface area (Å²) in [6, 6.07) is 4.82. The van der Waals surface area contributed by atoms with Gasteiger partial charge in [0.15, 0.2) is 0 Å². The minimum atomic E-state index is -4.44. The molecular weight excluding hydrogens is 273 g/mol. The van der Waals surface area contributed by atoms with E-state index in [1.54, 1.807) is 12.1 Å². The number of alkyl halides is 3. The van der Waals surface area contributed by atoms with Gasteiger partial charge >= 0.3 is 6.18 Å². The number of benzene rings is 1. The summed E-state index contributed by atoms with van der Waals surface area (Å²) in [6.07, 6.45) is -4.44. The zero-order chi connectivity index (χ0) is 14.8. The van der Waals surface area contributed by atoms with Crippen LogP contribution in [0.15, 0.2) is 18.2 Å². The molecule has 4 nitrogen and oxygen atoms in total. The monoisotopic (exact) mass is 288 g/mol. The van der Waals surface area contributed by atoms with Crippen LogP contribution in [0.25, 0.3) is 0 Å². The van der Waals surface area contributed by atoms with Crippen molar-refractivity contribution in [3.8, 4) is 0 Å². The lowest BCUT2D eigenvalue weighted by Gasteiger charge is -2.23. The van der Waals surface area contributed by atoms with E-state index < -0.39 is 18.6 Å². The van der Waals surface area contributed by atoms with Crippen LogP contribution < -0.4 is 5.73 Å². The summed E-state index contributed by atoms with van der Waals surface area (Å²) in [4.78, 5) is 12.9. The first-order valence-corrected chi connectivity index (χ1v) is 6.16. The molecule has 0 saturated heterocycles. The fourth-order valence-corrected chi connectivity index (χ4v) is 2.11. The zero-order valence-corrected chi connectivity index (χ0v) is 10.7. The van der Waals surface area contributed by atoms with Gasteiger partial charge in [-0.1, -0.05) is 6.07 Å². The average molecular weight is 288 g/mol. The van der Waals surface area contributed by atoms with Crippen LogP contribution in [0.2, 0.25) is 0 Å². The van der Waals surface area contributed by atoms with Crippen LogP contribution in [-0.4, -0.2) is 36.6 Å². The van der Waals surface area contributed by atoms with Gasteiger partial charge in [-0.15, -0.1) is 0 Å². The Morgan fingerprint density at radius 3 is 2.65 bits per heavy atom. The quantitative estimate of drug-likeness (QED) is 0.917. The molecule has 0 radical (unpaired) electrons. The molecule has 1 aromatic rings. The summed E-state index contributed by atoms with van der Waals surface area (Å²) in [5, 5.41) is 0. The highest BCUT2D eigenvalue weighted by Gasteiger charge is 2.33. The first kappa shape index (κ1) is 14.8. The lowest BCUT2D eigenvalue weighted by atomic mass is 10.1. The van der Waals surface area contributed by atoms with Gasteiger partial charge in [0.25, 0.3) is 5.91 Å². The highest BCUT2D eigenvalue weighted by Crippen LogP contribution is 2.23. The molecule has 1 heterocycles. The van der Waals surface area contributed by atoms with Gasteiger partial charge < -0.3 is 15.4 Å². The van der Waals surface area contributed by atoms with E-state index in [2.05, 4.69) is 0 Å². The van der Waals surface area contributed by atoms with E-state index in [-0.39, 0.29) is 18.7 Å². The lowest BCUT2D eigenvalue weighted by Crippen LogP contribution is -2.41. The number of nitrogens with two attached hydrogens (primary N) is 1. The second-order valence-corrected chi connectivity index (χ2v) is 4.61. The molecule has 1 amide bonds. The van der Waals surface area contributed by atoms with Gasteiger partial charge in [0, 0.05) is 18.7 Å². The molecule has 0 fully saturated rings. The van der Waals surface area contributed by atoms with Crippen LogP contribution in [0.1, 0.15) is 21.5 Å². The molecular formula is C13H15F3N2O2. The molecule has 2 rings (SSSR count). The number of rotatable bonds is 4. The minimum Gasteiger partial charge on any atom is -0.372 e. The minimum absolute atomic E-state index is 0.0180. The Balaban J connectivity index is 2.18. The van der Waals surface area contributed by atoms with Gasteiger partial charge in [-0.2, -0.15) is 13.2 Å². The summed E-state index contributed by atoms with van der Waals surface area (Å²) >= 11 is 0. The number of ether oxygens (including phenoxy) is 1. The Kier molecular flexibility index (Phi) is 4.29. The molecule has 0 aliphatic carbocycles. The van der Waals surface area contributed by atoms with Gasteiger partial charge in [-0.05, 0) is 23.3 Å². The molecule has 0 spiro atoms. The second-order valence-electron chi connectivity index (χ2n) is 4.61. The fourth-order valence-electron chi connectivity index (χ4n) is 2.11. The summed E-state index contributed by atoms with van der Waals surface area (Å²) in [7, 11) is 0. The average Bonchev–Trinajstić information content (AvgIpc) is 2.83. The molecule has 110 valence electrons. The van der Waals surface area contributed by atoms with Crippen LogP contribution in [0, 0.1) is 0 Å². The van der Waals surface area contributed by atoms with Gasteiger partial charge in [-0.25, -0.2) is 0 Å². The van der Waals surface area contributed by atoms with E-state index in [9.17, 15) is 18.0 Å². The molecule has 0 unspecified atom stereocenters. The van der Waals surface area contributed by atoms with Crippen molar-refractivity contribution in [2.24, 2.45) is 5.73 Å². The number of fused-ring (bicyclic) bond motifs is 1. The molecule has 1 aromatic carbocycles. The molecule has 0 saturated carbocycles. The second kappa shape index (κ2) is 5.80. The lowest BCUT2D eigenvalue weighted by molar-refractivity contribution is -0.140. The van der Waals surface area contributed by atoms with E-state index >= 15 is 0 Å². The van der Waals surface area contributed by atoms with Crippen LogP contribution in [0.3, 0.4) is 0 Å². The number of amides is 1. The van der Waals surface area contributed by atoms with Crippen LogP contribution in [-0.2, 0) is 18.0 Å². The third-order valence-electron chi connectivity index (χ3n) is 3.02. The summed E-state index contributed by atoms with van der Waals surface area (Å²) in [5.74, 6) is -0.664. The third-order valence-corrected chi connectivity index (χ3v) is 3.02. The topological polar surface area (TPSA) is 55.6 Å². The van der Waals surface area contributed by atoms with Crippen molar-refractivity contribution >= 4 is 5.91 Å². The maximum Gasteiger partial charge on any atom is 0.406 e. The van der Waals surface area contributed by atoms with Gasteiger partial charge in [0.2, 0.25) is 0 Å². The molecule has 2 N–H and O–H groups in total. The van der Waals surface area contributed by atoms with E-state index in [4.69, 9.17) is 10.5 Å². The Morgan fingerprint density at radius 2 is 2.00 bits per heavy atom. The van der Waals surface area contributed by atoms with Crippen molar-refractivity contribution < 1.29 is 22.7 Å². The van der Waals surface area contributed by atoms with Gasteiger partial charge in [0.05, 0.1) is 13.2 Å². The maximum atomic E-state index is 12.5. The number of carbonyl (C=O) groups is 1. The zero-order valence-electron chi connectivity index (χ0n) is 10.7. The van der Waals surface area contributed by atoms with Crippen LogP contribution in [0.5, 0.6) is 0 Å². The molecule has 1 aliphatic heterocycles. The largest absolute Gasteiger partial charge is 0.406 e. The Morgan fingerprint density at radius 1 is 1.30 bits per heavy atom. The first-order valence-electron chi connectivity index (χ1n) is 6.16. The maximum absolute atomic E-state index is 12.5. The highest BCUT2D eigenvalue weighted by atomic mass is 19.4. The van der Waals surface area contributed by atoms with Crippen LogP contribution in [0.4, 0.5) is 13.2 Å². The molecule has 20 heavy (non-hydrogen) atoms. The predicted octanol–water partition coefficient (Wildman–Crippen LogP) is 1.68. The summed E-state index contributed by atoms with van der Waals surface area (Å²) < 4.78 is 42.6. The fraction of sp³-hybridized carbons (Fsp3) is 0.462. The predicted molar refractivity (Wildman–Crippen MR) is 65.9 cm³/mol. The third kappa shape index (κ3) is 3.49. The van der Waals surface area contributed by atoms with E-state index in [0.29, 0.717) is 13.2 Å². The van der Waals surface area contributed by atoms with Crippen molar-refractivity contribution in [3.63, 3.8) is 0 Å². The smallest absolute Gasteiger partial charge is 0.372 e. The Hall–Kier alpha value is -1.60. The van der Waals surface area contributed by atoms with E-state index in [1.807, 2.05) is 0 Å². The number of nitrogens with zero attached hydrogens (tertiary/aromatic N) is 1. The van der Waals surface area contributed by atoms with Crippen molar-refractivity contribution in [3.05, 3.63) is 34.9 Å². The molecule has 1 aliphatic rings. The number of hydrogen-bond acceptors (Lipinski definition) is 3. The number of hydrogen-bond donors (Lipinski definition) is 1. The van der Waals surface area contributed by atoms with Gasteiger partial charge in [0.1, 0.15) is 6.54 Å². The Labute approximate surface area is 114 Å². The van der Waals surface area contributed by atoms with E-state index in [0.717, 1.165) is 16.0 Å². The standard InChI is InChI=1S/C13H15F3N2O2/c14-13(15,16)8-18(4-3-17)12(19)9-1-2-10-6-20-7-11(10)5-9/h1-2,5H,3-4,6-8,17H2. The van der Waals surface area contributed by atoms with Gasteiger partial charge in [-0.3, -0.25) is 4.79 Å². The summed E-state index contributed by atoms with van der Waals surface area (Å²) in [5.41, 5.74) is 7.31. The number of halogens is 3. The van der Waals surface area contributed by atoms with E-state index in [1.165, 1.54) is 6.07 Å². The van der Waals surface area contributed by atoms with Crippen LogP contribution >= 0.6 is 0 Å². The van der Waals surface area contributed by atoms with Crippen molar-refractivity contribution in [1.29, 1.82) is 0 Å². The molecule has 7 heteroatoms. The first-order chi connectivity index (χ1) is 9.40. The highest BCUT2D eigenvalue weighted by molar-refractivity contribution is 5.94. The summed E-state index contributed by atoms with van der Waals surface area (Å²) in [6.45, 7) is -0.593. The molecule has 0 aromatic heterocycles. The molecule has 0 atom stereocenters. The normalized spacial score (nSPS) is 14.2. The molecule has 0 bridgehead atoms. The van der Waals surface area contributed by atoms with Crippen molar-refractivity contribution in [2.75, 3.05) is 19.6 Å². The van der Waals surface area contributed by atoms with Crippen molar-refractivity contribution in [1.82, 2.24) is 4.90 Å².